The minimum absolute atomic E-state index is 0.234. The van der Waals surface area contributed by atoms with Gasteiger partial charge in [0, 0.05) is 12.1 Å². The van der Waals surface area contributed by atoms with Gasteiger partial charge >= 0.3 is 0 Å². The molecule has 1 fully saturated rings. The van der Waals surface area contributed by atoms with Crippen molar-refractivity contribution in [1.29, 1.82) is 0 Å². The van der Waals surface area contributed by atoms with Gasteiger partial charge in [0.25, 0.3) is 11.1 Å². The standard InChI is InChI=1S/C18H22N2O5S/c1-11(2)9-19-16(21)10-20-17(22)15(26-18(20)23)8-12-7-13(24-3)5-6-14(12)25-4/h5-8,11H,9-10H2,1-4H3,(H,19,21)/b15-8-. The van der Waals surface area contributed by atoms with Crippen molar-refractivity contribution < 1.29 is 23.9 Å². The number of amides is 3. The molecule has 7 nitrogen and oxygen atoms in total. The van der Waals surface area contributed by atoms with E-state index in [1.807, 2.05) is 13.8 Å². The van der Waals surface area contributed by atoms with Crippen LogP contribution in [0.4, 0.5) is 4.79 Å². The van der Waals surface area contributed by atoms with E-state index in [0.29, 0.717) is 23.6 Å². The second-order valence-electron chi connectivity index (χ2n) is 6.07. The SMILES string of the molecule is COc1ccc(OC)c(/C=C2\SC(=O)N(CC(=O)NCC(C)C)C2=O)c1. The molecule has 1 heterocycles. The lowest BCUT2D eigenvalue weighted by atomic mass is 10.1. The lowest BCUT2D eigenvalue weighted by Gasteiger charge is -2.13. The first-order chi connectivity index (χ1) is 12.3. The molecule has 1 aromatic rings. The number of hydrogen-bond acceptors (Lipinski definition) is 6. The van der Waals surface area contributed by atoms with E-state index in [-0.39, 0.29) is 23.3 Å². The Kier molecular flexibility index (Phi) is 6.68. The van der Waals surface area contributed by atoms with Gasteiger partial charge in [-0.25, -0.2) is 0 Å². The Morgan fingerprint density at radius 1 is 1.27 bits per heavy atom. The lowest BCUT2D eigenvalue weighted by Crippen LogP contribution is -2.40. The van der Waals surface area contributed by atoms with Crippen LogP contribution in [0.5, 0.6) is 11.5 Å². The van der Waals surface area contributed by atoms with Crippen molar-refractivity contribution in [2.75, 3.05) is 27.3 Å². The van der Waals surface area contributed by atoms with Gasteiger partial charge in [0.05, 0.1) is 19.1 Å². The number of nitrogens with zero attached hydrogens (tertiary/aromatic N) is 1. The minimum atomic E-state index is -0.496. The van der Waals surface area contributed by atoms with Crippen LogP contribution in [-0.2, 0) is 9.59 Å². The first-order valence-corrected chi connectivity index (χ1v) is 8.91. The molecule has 1 aromatic carbocycles. The summed E-state index contributed by atoms with van der Waals surface area (Å²) in [7, 11) is 3.05. The fourth-order valence-electron chi connectivity index (χ4n) is 2.25. The van der Waals surface area contributed by atoms with Crippen molar-refractivity contribution in [3.05, 3.63) is 28.7 Å². The molecule has 0 radical (unpaired) electrons. The molecule has 0 atom stereocenters. The van der Waals surface area contributed by atoms with Gasteiger partial charge in [-0.3, -0.25) is 19.3 Å². The summed E-state index contributed by atoms with van der Waals surface area (Å²) in [6.07, 6.45) is 1.57. The number of nitrogens with one attached hydrogen (secondary N) is 1. The van der Waals surface area contributed by atoms with Gasteiger partial charge in [-0.2, -0.15) is 0 Å². The second kappa shape index (κ2) is 8.75. The average Bonchev–Trinajstić information content (AvgIpc) is 2.87. The maximum absolute atomic E-state index is 12.5. The van der Waals surface area contributed by atoms with Gasteiger partial charge in [0.2, 0.25) is 5.91 Å². The number of hydrogen-bond donors (Lipinski definition) is 1. The minimum Gasteiger partial charge on any atom is -0.497 e. The number of imide groups is 1. The molecule has 1 aliphatic rings. The van der Waals surface area contributed by atoms with E-state index in [0.717, 1.165) is 16.7 Å². The number of thioether (sulfide) groups is 1. The van der Waals surface area contributed by atoms with E-state index in [9.17, 15) is 14.4 Å². The fourth-order valence-corrected chi connectivity index (χ4v) is 3.08. The summed E-state index contributed by atoms with van der Waals surface area (Å²) < 4.78 is 10.5. The van der Waals surface area contributed by atoms with Crippen molar-refractivity contribution in [2.24, 2.45) is 5.92 Å². The number of rotatable bonds is 7. The van der Waals surface area contributed by atoms with Crippen molar-refractivity contribution in [3.63, 3.8) is 0 Å². The van der Waals surface area contributed by atoms with E-state index in [1.165, 1.54) is 14.2 Å². The number of benzene rings is 1. The van der Waals surface area contributed by atoms with Crippen molar-refractivity contribution in [1.82, 2.24) is 10.2 Å². The molecular formula is C18H22N2O5S. The van der Waals surface area contributed by atoms with Crippen LogP contribution in [0, 0.1) is 5.92 Å². The van der Waals surface area contributed by atoms with E-state index >= 15 is 0 Å². The molecule has 1 N–H and O–H groups in total. The van der Waals surface area contributed by atoms with Crippen LogP contribution in [-0.4, -0.2) is 49.3 Å². The van der Waals surface area contributed by atoms with E-state index in [1.54, 1.807) is 24.3 Å². The molecule has 140 valence electrons. The third-order valence-electron chi connectivity index (χ3n) is 3.61. The summed E-state index contributed by atoms with van der Waals surface area (Å²) in [5.41, 5.74) is 0.613. The Bertz CT molecular complexity index is 745. The molecule has 26 heavy (non-hydrogen) atoms. The molecular weight excluding hydrogens is 356 g/mol. The topological polar surface area (TPSA) is 84.9 Å². The Balaban J connectivity index is 2.17. The van der Waals surface area contributed by atoms with Crippen LogP contribution >= 0.6 is 11.8 Å². The van der Waals surface area contributed by atoms with Gasteiger partial charge in [-0.1, -0.05) is 13.8 Å². The zero-order valence-electron chi connectivity index (χ0n) is 15.2. The van der Waals surface area contributed by atoms with Gasteiger partial charge in [0.1, 0.15) is 18.0 Å². The summed E-state index contributed by atoms with van der Waals surface area (Å²) in [4.78, 5) is 37.7. The molecule has 0 bridgehead atoms. The Labute approximate surface area is 156 Å². The normalized spacial score (nSPS) is 15.7. The molecule has 0 spiro atoms. The summed E-state index contributed by atoms with van der Waals surface area (Å²) in [6.45, 7) is 4.13. The highest BCUT2D eigenvalue weighted by Crippen LogP contribution is 2.34. The molecule has 0 saturated carbocycles. The first-order valence-electron chi connectivity index (χ1n) is 8.09. The molecule has 8 heteroatoms. The molecule has 1 aliphatic heterocycles. The number of methoxy groups -OCH3 is 2. The zero-order valence-corrected chi connectivity index (χ0v) is 16.0. The Morgan fingerprint density at radius 3 is 2.62 bits per heavy atom. The smallest absolute Gasteiger partial charge is 0.294 e. The monoisotopic (exact) mass is 378 g/mol. The highest BCUT2D eigenvalue weighted by Gasteiger charge is 2.36. The fraction of sp³-hybridized carbons (Fsp3) is 0.389. The van der Waals surface area contributed by atoms with Crippen molar-refractivity contribution in [2.45, 2.75) is 13.8 Å². The van der Waals surface area contributed by atoms with Gasteiger partial charge in [-0.15, -0.1) is 0 Å². The number of carbonyl (C=O) groups excluding carboxylic acids is 3. The third-order valence-corrected chi connectivity index (χ3v) is 4.51. The van der Waals surface area contributed by atoms with Gasteiger partial charge < -0.3 is 14.8 Å². The molecule has 3 amide bonds. The van der Waals surface area contributed by atoms with Gasteiger partial charge in [0.15, 0.2) is 0 Å². The Morgan fingerprint density at radius 2 is 2.00 bits per heavy atom. The summed E-state index contributed by atoms with van der Waals surface area (Å²) in [5, 5.41) is 2.23. The number of carbonyl (C=O) groups is 3. The van der Waals surface area contributed by atoms with Crippen LogP contribution < -0.4 is 14.8 Å². The van der Waals surface area contributed by atoms with Crippen LogP contribution in [0.25, 0.3) is 6.08 Å². The lowest BCUT2D eigenvalue weighted by molar-refractivity contribution is -0.129. The first kappa shape index (κ1) is 19.8. The zero-order chi connectivity index (χ0) is 19.3. The molecule has 0 aromatic heterocycles. The Hall–Kier alpha value is -2.48. The third kappa shape index (κ3) is 4.78. The average molecular weight is 378 g/mol. The van der Waals surface area contributed by atoms with Crippen molar-refractivity contribution >= 4 is 34.9 Å². The van der Waals surface area contributed by atoms with E-state index < -0.39 is 11.1 Å². The van der Waals surface area contributed by atoms with Crippen LogP contribution in [0.1, 0.15) is 19.4 Å². The largest absolute Gasteiger partial charge is 0.497 e. The summed E-state index contributed by atoms with van der Waals surface area (Å²) in [6, 6.07) is 5.16. The van der Waals surface area contributed by atoms with Crippen LogP contribution in [0.15, 0.2) is 23.1 Å². The predicted octanol–water partition coefficient (Wildman–Crippen LogP) is 2.51. The molecule has 0 unspecified atom stereocenters. The molecule has 2 rings (SSSR count). The summed E-state index contributed by atoms with van der Waals surface area (Å²) in [5.74, 6) is 0.580. The van der Waals surface area contributed by atoms with E-state index in [2.05, 4.69) is 5.32 Å². The maximum atomic E-state index is 12.5. The highest BCUT2D eigenvalue weighted by molar-refractivity contribution is 8.18. The predicted molar refractivity (Wildman–Crippen MR) is 100 cm³/mol. The highest BCUT2D eigenvalue weighted by atomic mass is 32.2. The molecule has 0 aliphatic carbocycles. The molecule has 1 saturated heterocycles. The van der Waals surface area contributed by atoms with Crippen LogP contribution in [0.3, 0.4) is 0 Å². The second-order valence-corrected chi connectivity index (χ2v) is 7.07. The van der Waals surface area contributed by atoms with E-state index in [4.69, 9.17) is 9.47 Å². The summed E-state index contributed by atoms with van der Waals surface area (Å²) >= 11 is 0.798. The van der Waals surface area contributed by atoms with Gasteiger partial charge in [-0.05, 0) is 42.0 Å². The maximum Gasteiger partial charge on any atom is 0.294 e. The number of ether oxygens (including phenoxy) is 2. The van der Waals surface area contributed by atoms with Crippen LogP contribution in [0.2, 0.25) is 0 Å². The van der Waals surface area contributed by atoms with Crippen molar-refractivity contribution in [3.8, 4) is 11.5 Å². The quantitative estimate of drug-likeness (QED) is 0.734.